The molecule has 0 aromatic carbocycles. The van der Waals surface area contributed by atoms with E-state index in [-0.39, 0.29) is 11.4 Å². The van der Waals surface area contributed by atoms with E-state index in [0.717, 1.165) is 17.2 Å². The minimum absolute atomic E-state index is 0.136. The van der Waals surface area contributed by atoms with Crippen LogP contribution in [0, 0.1) is 0 Å². The maximum atomic E-state index is 12.0. The van der Waals surface area contributed by atoms with Crippen molar-refractivity contribution in [3.8, 4) is 0 Å². The smallest absolute Gasteiger partial charge is 0.321 e. The van der Waals surface area contributed by atoms with Crippen molar-refractivity contribution >= 4 is 28.5 Å². The van der Waals surface area contributed by atoms with Crippen LogP contribution in [0.25, 0.3) is 0 Å². The lowest BCUT2D eigenvalue weighted by Gasteiger charge is -2.16. The zero-order chi connectivity index (χ0) is 17.0. The van der Waals surface area contributed by atoms with E-state index in [1.54, 1.807) is 6.20 Å². The normalized spacial score (nSPS) is 11.2. The molecule has 0 saturated heterocycles. The van der Waals surface area contributed by atoms with Gasteiger partial charge in [0, 0.05) is 49.3 Å². The molecule has 7 nitrogen and oxygen atoms in total. The van der Waals surface area contributed by atoms with E-state index in [1.165, 1.54) is 11.5 Å². The van der Waals surface area contributed by atoms with E-state index in [1.807, 2.05) is 51.9 Å². The Bertz CT molecular complexity index is 677. The third kappa shape index (κ3) is 4.62. The van der Waals surface area contributed by atoms with Gasteiger partial charge >= 0.3 is 6.03 Å². The number of nitrogens with one attached hydrogen (secondary N) is 2. The summed E-state index contributed by atoms with van der Waals surface area (Å²) in [6, 6.07) is 3.48. The molecule has 0 bridgehead atoms. The number of pyridine rings is 1. The van der Waals surface area contributed by atoms with E-state index >= 15 is 0 Å². The van der Waals surface area contributed by atoms with Crippen molar-refractivity contribution < 1.29 is 4.79 Å². The van der Waals surface area contributed by atoms with Gasteiger partial charge in [-0.25, -0.2) is 14.8 Å². The summed E-state index contributed by atoms with van der Waals surface area (Å²) in [6.07, 6.45) is 1.73. The van der Waals surface area contributed by atoms with Crippen LogP contribution in [0.4, 0.5) is 15.7 Å². The molecule has 2 heterocycles. The SMILES string of the molecule is CN(C)c1ncccc1CNC(=O)Nc1nc(C(C)(C)C)ns1. The van der Waals surface area contributed by atoms with Crippen LogP contribution in [0.5, 0.6) is 0 Å². The molecule has 2 aromatic rings. The fourth-order valence-corrected chi connectivity index (χ4v) is 2.62. The highest BCUT2D eigenvalue weighted by Gasteiger charge is 2.20. The Labute approximate surface area is 140 Å². The Morgan fingerprint density at radius 3 is 2.70 bits per heavy atom. The molecule has 0 unspecified atom stereocenters. The highest BCUT2D eigenvalue weighted by molar-refractivity contribution is 7.09. The van der Waals surface area contributed by atoms with Crippen molar-refractivity contribution in [2.45, 2.75) is 32.7 Å². The van der Waals surface area contributed by atoms with Crippen LogP contribution in [0.1, 0.15) is 32.2 Å². The van der Waals surface area contributed by atoms with Crippen LogP contribution in [-0.4, -0.2) is 34.5 Å². The number of aromatic nitrogens is 3. The second kappa shape index (κ2) is 6.91. The molecule has 2 amide bonds. The fourth-order valence-electron chi connectivity index (χ4n) is 1.87. The van der Waals surface area contributed by atoms with Gasteiger partial charge in [0.1, 0.15) is 11.6 Å². The van der Waals surface area contributed by atoms with Crippen LogP contribution < -0.4 is 15.5 Å². The molecule has 0 aliphatic heterocycles. The van der Waals surface area contributed by atoms with Gasteiger partial charge in [0.05, 0.1) is 0 Å². The van der Waals surface area contributed by atoms with E-state index in [0.29, 0.717) is 11.7 Å². The summed E-state index contributed by atoms with van der Waals surface area (Å²) in [4.78, 5) is 22.6. The molecular weight excluding hydrogens is 312 g/mol. The molecule has 2 N–H and O–H groups in total. The first-order chi connectivity index (χ1) is 10.8. The number of rotatable bonds is 4. The van der Waals surface area contributed by atoms with E-state index < -0.39 is 0 Å². The molecule has 0 aliphatic carbocycles. The number of hydrogen-bond donors (Lipinski definition) is 2. The molecule has 0 atom stereocenters. The molecule has 124 valence electrons. The van der Waals surface area contributed by atoms with Gasteiger partial charge in [-0.05, 0) is 6.07 Å². The quantitative estimate of drug-likeness (QED) is 0.898. The highest BCUT2D eigenvalue weighted by atomic mass is 32.1. The number of anilines is 2. The van der Waals surface area contributed by atoms with Crippen LogP contribution in [-0.2, 0) is 12.0 Å². The maximum Gasteiger partial charge on any atom is 0.321 e. The topological polar surface area (TPSA) is 83.0 Å². The zero-order valence-electron chi connectivity index (χ0n) is 14.0. The van der Waals surface area contributed by atoms with Gasteiger partial charge in [-0.15, -0.1) is 0 Å². The summed E-state index contributed by atoms with van der Waals surface area (Å²) in [5.74, 6) is 1.55. The lowest BCUT2D eigenvalue weighted by Crippen LogP contribution is -2.29. The van der Waals surface area contributed by atoms with Gasteiger partial charge in [-0.1, -0.05) is 26.8 Å². The van der Waals surface area contributed by atoms with Gasteiger partial charge in [0.15, 0.2) is 0 Å². The molecule has 0 fully saturated rings. The molecule has 2 rings (SSSR count). The fraction of sp³-hybridized carbons (Fsp3) is 0.467. The third-order valence-corrected chi connectivity index (χ3v) is 3.68. The number of hydrogen-bond acceptors (Lipinski definition) is 6. The predicted octanol–water partition coefficient (Wildman–Crippen LogP) is 2.62. The molecular formula is C15H22N6OS. The average Bonchev–Trinajstić information content (AvgIpc) is 2.94. The predicted molar refractivity (Wildman–Crippen MR) is 93.0 cm³/mol. The Hall–Kier alpha value is -2.22. The average molecular weight is 334 g/mol. The van der Waals surface area contributed by atoms with Gasteiger partial charge < -0.3 is 10.2 Å². The van der Waals surface area contributed by atoms with Crippen molar-refractivity contribution in [3.63, 3.8) is 0 Å². The summed E-state index contributed by atoms with van der Waals surface area (Å²) in [5, 5.41) is 6.02. The van der Waals surface area contributed by atoms with E-state index in [2.05, 4.69) is 25.0 Å². The highest BCUT2D eigenvalue weighted by Crippen LogP contribution is 2.22. The second-order valence-corrected chi connectivity index (χ2v) is 7.11. The van der Waals surface area contributed by atoms with Crippen molar-refractivity contribution in [1.82, 2.24) is 19.7 Å². The summed E-state index contributed by atoms with van der Waals surface area (Å²) in [6.45, 7) is 6.48. The largest absolute Gasteiger partial charge is 0.362 e. The van der Waals surface area contributed by atoms with Crippen molar-refractivity contribution in [2.75, 3.05) is 24.3 Å². The van der Waals surface area contributed by atoms with E-state index in [9.17, 15) is 4.79 Å². The molecule has 8 heteroatoms. The summed E-state index contributed by atoms with van der Waals surface area (Å²) >= 11 is 1.18. The molecule has 0 spiro atoms. The van der Waals surface area contributed by atoms with Gasteiger partial charge in [-0.2, -0.15) is 4.37 Å². The molecule has 0 radical (unpaired) electrons. The van der Waals surface area contributed by atoms with E-state index in [4.69, 9.17) is 0 Å². The molecule has 0 saturated carbocycles. The Balaban J connectivity index is 1.95. The first kappa shape index (κ1) is 17.1. The van der Waals surface area contributed by atoms with Crippen molar-refractivity contribution in [3.05, 3.63) is 29.7 Å². The number of urea groups is 1. The monoisotopic (exact) mass is 334 g/mol. The van der Waals surface area contributed by atoms with Crippen LogP contribution in [0.2, 0.25) is 0 Å². The standard InChI is InChI=1S/C15H22N6OS/c1-15(2,3)12-18-14(23-20-12)19-13(22)17-9-10-7-6-8-16-11(10)21(4)5/h6-8H,9H2,1-5H3,(H2,17,18,19,20,22). The minimum Gasteiger partial charge on any atom is -0.362 e. The summed E-state index contributed by atoms with van der Waals surface area (Å²) in [7, 11) is 3.84. The van der Waals surface area contributed by atoms with Gasteiger partial charge in [0.2, 0.25) is 5.13 Å². The Kier molecular flexibility index (Phi) is 5.15. The first-order valence-electron chi connectivity index (χ1n) is 7.27. The molecule has 23 heavy (non-hydrogen) atoms. The number of amides is 2. The lowest BCUT2D eigenvalue weighted by atomic mass is 9.96. The van der Waals surface area contributed by atoms with Gasteiger partial charge in [0.25, 0.3) is 0 Å². The minimum atomic E-state index is -0.310. The second-order valence-electron chi connectivity index (χ2n) is 6.36. The van der Waals surface area contributed by atoms with Crippen LogP contribution >= 0.6 is 11.5 Å². The zero-order valence-corrected chi connectivity index (χ0v) is 14.9. The van der Waals surface area contributed by atoms with Crippen LogP contribution in [0.15, 0.2) is 18.3 Å². The lowest BCUT2D eigenvalue weighted by molar-refractivity contribution is 0.251. The maximum absolute atomic E-state index is 12.0. The summed E-state index contributed by atoms with van der Waals surface area (Å²) in [5.41, 5.74) is 0.809. The third-order valence-electron chi connectivity index (χ3n) is 3.05. The van der Waals surface area contributed by atoms with Crippen LogP contribution in [0.3, 0.4) is 0 Å². The Morgan fingerprint density at radius 1 is 1.35 bits per heavy atom. The Morgan fingerprint density at radius 2 is 2.09 bits per heavy atom. The first-order valence-corrected chi connectivity index (χ1v) is 8.05. The summed E-state index contributed by atoms with van der Waals surface area (Å²) < 4.78 is 4.27. The number of carbonyl (C=O) groups is 1. The molecule has 0 aliphatic rings. The van der Waals surface area contributed by atoms with Crippen molar-refractivity contribution in [1.29, 1.82) is 0 Å². The van der Waals surface area contributed by atoms with Crippen molar-refractivity contribution in [2.24, 2.45) is 0 Å². The number of nitrogens with zero attached hydrogens (tertiary/aromatic N) is 4. The molecule has 2 aromatic heterocycles. The van der Waals surface area contributed by atoms with Gasteiger partial charge in [-0.3, -0.25) is 5.32 Å². The number of carbonyl (C=O) groups excluding carboxylic acids is 1.